The first-order valence-electron chi connectivity index (χ1n) is 6.12. The van der Waals surface area contributed by atoms with E-state index in [-0.39, 0.29) is 6.54 Å². The summed E-state index contributed by atoms with van der Waals surface area (Å²) >= 11 is 1.51. The number of rotatable bonds is 5. The highest BCUT2D eigenvalue weighted by Crippen LogP contribution is 2.17. The quantitative estimate of drug-likeness (QED) is 0.924. The molecule has 1 aromatic carbocycles. The molecule has 0 unspecified atom stereocenters. The second-order valence-corrected chi connectivity index (χ2v) is 7.26. The van der Waals surface area contributed by atoms with Gasteiger partial charge in [0.2, 0.25) is 10.0 Å². The van der Waals surface area contributed by atoms with Gasteiger partial charge in [-0.05, 0) is 25.5 Å². The van der Waals surface area contributed by atoms with Crippen LogP contribution in [-0.2, 0) is 16.6 Å². The van der Waals surface area contributed by atoms with Crippen LogP contribution in [0.1, 0.15) is 21.1 Å². The molecule has 0 saturated carbocycles. The van der Waals surface area contributed by atoms with Crippen molar-refractivity contribution in [1.82, 2.24) is 9.71 Å². The van der Waals surface area contributed by atoms with Gasteiger partial charge in [-0.2, -0.15) is 0 Å². The van der Waals surface area contributed by atoms with Gasteiger partial charge in [0.25, 0.3) is 0 Å². The second kappa shape index (κ2) is 6.30. The fourth-order valence-corrected chi connectivity index (χ4v) is 3.43. The Morgan fingerprint density at radius 1 is 1.25 bits per heavy atom. The molecule has 0 saturated heterocycles. The van der Waals surface area contributed by atoms with E-state index in [2.05, 4.69) is 9.71 Å². The third-order valence-corrected chi connectivity index (χ3v) is 4.79. The number of benzene rings is 1. The van der Waals surface area contributed by atoms with E-state index in [9.17, 15) is 8.42 Å². The maximum Gasteiger partial charge on any atom is 0.234 e. The van der Waals surface area contributed by atoms with Crippen LogP contribution in [0, 0.1) is 13.8 Å². The minimum atomic E-state index is -3.44. The SMILES string of the molecule is Cc1nc(C)c(CNS(=O)(=O)/C=C/c2ccccc2)s1. The summed E-state index contributed by atoms with van der Waals surface area (Å²) in [6, 6.07) is 9.32. The van der Waals surface area contributed by atoms with Crippen molar-refractivity contribution in [3.05, 3.63) is 56.9 Å². The lowest BCUT2D eigenvalue weighted by molar-refractivity contribution is 0.591. The van der Waals surface area contributed by atoms with Gasteiger partial charge in [-0.3, -0.25) is 0 Å². The molecule has 6 heteroatoms. The lowest BCUT2D eigenvalue weighted by Gasteiger charge is -2.01. The molecule has 0 atom stereocenters. The van der Waals surface area contributed by atoms with Gasteiger partial charge in [0.15, 0.2) is 0 Å². The summed E-state index contributed by atoms with van der Waals surface area (Å²) in [4.78, 5) is 5.21. The van der Waals surface area contributed by atoms with Gasteiger partial charge in [-0.1, -0.05) is 30.3 Å². The molecule has 2 rings (SSSR count). The molecule has 0 aliphatic rings. The van der Waals surface area contributed by atoms with Gasteiger partial charge in [-0.25, -0.2) is 18.1 Å². The molecule has 0 spiro atoms. The first-order valence-corrected chi connectivity index (χ1v) is 8.48. The number of aryl methyl sites for hydroxylation is 2. The molecular weight excluding hydrogens is 292 g/mol. The smallest absolute Gasteiger partial charge is 0.234 e. The standard InChI is InChI=1S/C14H16N2O2S2/c1-11-14(19-12(2)16-11)10-15-20(17,18)9-8-13-6-4-3-5-7-13/h3-9,15H,10H2,1-2H3/b9-8+. The molecule has 0 aliphatic heterocycles. The third-order valence-electron chi connectivity index (χ3n) is 2.67. The second-order valence-electron chi connectivity index (χ2n) is 4.32. The Kier molecular flexibility index (Phi) is 4.69. The number of nitrogens with zero attached hydrogens (tertiary/aromatic N) is 1. The zero-order valence-corrected chi connectivity index (χ0v) is 13.0. The van der Waals surface area contributed by atoms with E-state index in [1.807, 2.05) is 44.2 Å². The molecule has 2 aromatic rings. The van der Waals surface area contributed by atoms with Crippen molar-refractivity contribution in [1.29, 1.82) is 0 Å². The van der Waals surface area contributed by atoms with Gasteiger partial charge in [0.1, 0.15) is 0 Å². The van der Waals surface area contributed by atoms with Crippen LogP contribution >= 0.6 is 11.3 Å². The first kappa shape index (κ1) is 14.9. The molecule has 1 N–H and O–H groups in total. The normalized spacial score (nSPS) is 12.1. The summed E-state index contributed by atoms with van der Waals surface area (Å²) in [5, 5.41) is 2.13. The number of sulfonamides is 1. The first-order chi connectivity index (χ1) is 9.46. The van der Waals surface area contributed by atoms with Crippen LogP contribution in [-0.4, -0.2) is 13.4 Å². The molecule has 4 nitrogen and oxygen atoms in total. The van der Waals surface area contributed by atoms with Crippen molar-refractivity contribution in [3.63, 3.8) is 0 Å². The van der Waals surface area contributed by atoms with Crippen molar-refractivity contribution in [2.24, 2.45) is 0 Å². The molecule has 1 heterocycles. The highest BCUT2D eigenvalue weighted by Gasteiger charge is 2.09. The average molecular weight is 308 g/mol. The number of aromatic nitrogens is 1. The summed E-state index contributed by atoms with van der Waals surface area (Å²) in [6.07, 6.45) is 1.58. The Bertz CT molecular complexity index is 704. The van der Waals surface area contributed by atoms with Gasteiger partial charge in [0, 0.05) is 16.8 Å². The van der Waals surface area contributed by atoms with Gasteiger partial charge in [-0.15, -0.1) is 11.3 Å². The van der Waals surface area contributed by atoms with Crippen molar-refractivity contribution >= 4 is 27.4 Å². The highest BCUT2D eigenvalue weighted by molar-refractivity contribution is 7.92. The fraction of sp³-hybridized carbons (Fsp3) is 0.214. The van der Waals surface area contributed by atoms with Crippen molar-refractivity contribution in [2.75, 3.05) is 0 Å². The highest BCUT2D eigenvalue weighted by atomic mass is 32.2. The van der Waals surface area contributed by atoms with Crippen LogP contribution in [0.15, 0.2) is 35.7 Å². The van der Waals surface area contributed by atoms with E-state index in [0.29, 0.717) is 0 Å². The molecule has 0 fully saturated rings. The fourth-order valence-electron chi connectivity index (χ4n) is 1.68. The summed E-state index contributed by atoms with van der Waals surface area (Å²) in [5.41, 5.74) is 1.73. The Labute approximate surface area is 123 Å². The number of hydrogen-bond donors (Lipinski definition) is 1. The summed E-state index contributed by atoms with van der Waals surface area (Å²) < 4.78 is 26.3. The molecule has 0 bridgehead atoms. The van der Waals surface area contributed by atoms with Crippen molar-refractivity contribution < 1.29 is 8.42 Å². The number of thiazole rings is 1. The summed E-state index contributed by atoms with van der Waals surface area (Å²) in [5.74, 6) is 0. The van der Waals surface area contributed by atoms with E-state index in [1.165, 1.54) is 16.7 Å². The molecular formula is C14H16N2O2S2. The Balaban J connectivity index is 2.01. The largest absolute Gasteiger partial charge is 0.247 e. The van der Waals surface area contributed by atoms with E-state index < -0.39 is 10.0 Å². The minimum Gasteiger partial charge on any atom is -0.247 e. The monoisotopic (exact) mass is 308 g/mol. The van der Waals surface area contributed by atoms with Crippen LogP contribution in [0.2, 0.25) is 0 Å². The summed E-state index contributed by atoms with van der Waals surface area (Å²) in [6.45, 7) is 4.07. The molecule has 20 heavy (non-hydrogen) atoms. The van der Waals surface area contributed by atoms with Crippen LogP contribution < -0.4 is 4.72 Å². The van der Waals surface area contributed by atoms with Crippen LogP contribution in [0.3, 0.4) is 0 Å². The lowest BCUT2D eigenvalue weighted by atomic mass is 10.2. The zero-order valence-electron chi connectivity index (χ0n) is 11.3. The van der Waals surface area contributed by atoms with Gasteiger partial charge >= 0.3 is 0 Å². The zero-order chi connectivity index (χ0) is 14.6. The number of nitrogens with one attached hydrogen (secondary N) is 1. The van der Waals surface area contributed by atoms with Gasteiger partial charge in [0.05, 0.1) is 10.7 Å². The molecule has 0 aliphatic carbocycles. The maximum atomic E-state index is 11.9. The molecule has 106 valence electrons. The topological polar surface area (TPSA) is 59.1 Å². The Hall–Kier alpha value is -1.50. The van der Waals surface area contributed by atoms with E-state index in [4.69, 9.17) is 0 Å². The van der Waals surface area contributed by atoms with E-state index in [0.717, 1.165) is 21.1 Å². The van der Waals surface area contributed by atoms with Crippen molar-refractivity contribution in [3.8, 4) is 0 Å². The Morgan fingerprint density at radius 2 is 1.95 bits per heavy atom. The molecule has 0 amide bonds. The Morgan fingerprint density at radius 3 is 2.55 bits per heavy atom. The molecule has 0 radical (unpaired) electrons. The third kappa shape index (κ3) is 4.26. The lowest BCUT2D eigenvalue weighted by Crippen LogP contribution is -2.20. The maximum absolute atomic E-state index is 11.9. The number of hydrogen-bond acceptors (Lipinski definition) is 4. The predicted octanol–water partition coefficient (Wildman–Crippen LogP) is 2.85. The molecule has 1 aromatic heterocycles. The minimum absolute atomic E-state index is 0.277. The van der Waals surface area contributed by atoms with Gasteiger partial charge < -0.3 is 0 Å². The average Bonchev–Trinajstić information content (AvgIpc) is 2.74. The van der Waals surface area contributed by atoms with E-state index >= 15 is 0 Å². The van der Waals surface area contributed by atoms with Crippen molar-refractivity contribution in [2.45, 2.75) is 20.4 Å². The summed E-state index contributed by atoms with van der Waals surface area (Å²) in [7, 11) is -3.44. The van der Waals surface area contributed by atoms with Crippen LogP contribution in [0.25, 0.3) is 6.08 Å². The van der Waals surface area contributed by atoms with Crippen LogP contribution in [0.5, 0.6) is 0 Å². The van der Waals surface area contributed by atoms with E-state index in [1.54, 1.807) is 6.08 Å². The van der Waals surface area contributed by atoms with Crippen LogP contribution in [0.4, 0.5) is 0 Å². The predicted molar refractivity (Wildman–Crippen MR) is 82.8 cm³/mol.